The number of hydrogen-bond acceptors (Lipinski definition) is 3. The smallest absolute Gasteiger partial charge is 0.230 e. The Bertz CT molecular complexity index is 843. The molecule has 1 fully saturated rings. The van der Waals surface area contributed by atoms with Gasteiger partial charge in [-0.25, -0.2) is 9.98 Å². The molecule has 1 heterocycles. The van der Waals surface area contributed by atoms with Crippen molar-refractivity contribution < 1.29 is 4.79 Å². The van der Waals surface area contributed by atoms with Gasteiger partial charge in [0.05, 0.1) is 5.41 Å². The molecule has 0 atom stereocenters. The quantitative estimate of drug-likeness (QED) is 0.308. The second-order valence-corrected chi connectivity index (χ2v) is 8.19. The maximum absolute atomic E-state index is 12.8. The first-order valence-electron chi connectivity index (χ1n) is 10.8. The lowest BCUT2D eigenvalue weighted by atomic mass is 9.84. The van der Waals surface area contributed by atoms with Crippen LogP contribution in [0.15, 0.2) is 47.7 Å². The van der Waals surface area contributed by atoms with Gasteiger partial charge in [0.2, 0.25) is 5.91 Å². The molecule has 0 aliphatic heterocycles. The molecule has 0 bridgehead atoms. The van der Waals surface area contributed by atoms with Crippen molar-refractivity contribution in [3.63, 3.8) is 0 Å². The lowest BCUT2D eigenvalue weighted by molar-refractivity contribution is -0.138. The predicted octanol–water partition coefficient (Wildman–Crippen LogP) is 3.25. The molecule has 2 aromatic rings. The van der Waals surface area contributed by atoms with Crippen molar-refractivity contribution in [3.8, 4) is 0 Å². The third-order valence-electron chi connectivity index (χ3n) is 5.74. The van der Waals surface area contributed by atoms with E-state index in [1.165, 1.54) is 5.56 Å². The fourth-order valence-electron chi connectivity index (χ4n) is 4.15. The topological polar surface area (TPSA) is 74.5 Å². The number of benzene rings is 1. The first-order valence-corrected chi connectivity index (χ1v) is 10.8. The van der Waals surface area contributed by atoms with Gasteiger partial charge >= 0.3 is 0 Å². The average Bonchev–Trinajstić information content (AvgIpc) is 3.40. The molecule has 1 aliphatic rings. The van der Waals surface area contributed by atoms with E-state index >= 15 is 0 Å². The van der Waals surface area contributed by atoms with Gasteiger partial charge in [-0.1, -0.05) is 43.2 Å². The summed E-state index contributed by atoms with van der Waals surface area (Å²) in [4.78, 5) is 23.8. The molecule has 0 saturated heterocycles. The number of rotatable bonds is 8. The number of amides is 1. The van der Waals surface area contributed by atoms with Crippen molar-refractivity contribution in [1.29, 1.82) is 0 Å². The van der Waals surface area contributed by atoms with E-state index in [0.29, 0.717) is 13.1 Å². The number of guanidine groups is 1. The van der Waals surface area contributed by atoms with Crippen LogP contribution in [0.1, 0.15) is 44.0 Å². The summed E-state index contributed by atoms with van der Waals surface area (Å²) >= 11 is 0. The summed E-state index contributed by atoms with van der Waals surface area (Å²) in [6.07, 6.45) is 7.87. The molecule has 0 radical (unpaired) electrons. The van der Waals surface area contributed by atoms with Gasteiger partial charge in [-0.3, -0.25) is 4.79 Å². The molecule has 0 spiro atoms. The summed E-state index contributed by atoms with van der Waals surface area (Å²) in [5.74, 6) is 1.85. The monoisotopic (exact) mass is 538 g/mol. The van der Waals surface area contributed by atoms with Crippen molar-refractivity contribution in [1.82, 2.24) is 25.1 Å². The highest BCUT2D eigenvalue weighted by atomic mass is 127. The van der Waals surface area contributed by atoms with Crippen LogP contribution in [0.25, 0.3) is 0 Å². The van der Waals surface area contributed by atoms with Crippen molar-refractivity contribution in [2.45, 2.75) is 45.7 Å². The van der Waals surface area contributed by atoms with E-state index in [-0.39, 0.29) is 35.3 Å². The van der Waals surface area contributed by atoms with Crippen molar-refractivity contribution in [3.05, 3.63) is 54.1 Å². The number of aromatic nitrogens is 2. The van der Waals surface area contributed by atoms with Gasteiger partial charge in [0.25, 0.3) is 0 Å². The Balaban J connectivity index is 0.00000341. The predicted molar refractivity (Wildman–Crippen MR) is 136 cm³/mol. The summed E-state index contributed by atoms with van der Waals surface area (Å²) in [6, 6.07) is 10.3. The normalized spacial score (nSPS) is 15.3. The third-order valence-corrected chi connectivity index (χ3v) is 5.74. The van der Waals surface area contributed by atoms with E-state index in [4.69, 9.17) is 4.99 Å². The molecular weight excluding hydrogens is 503 g/mol. The van der Waals surface area contributed by atoms with Crippen LogP contribution in [-0.2, 0) is 17.9 Å². The fourth-order valence-corrected chi connectivity index (χ4v) is 4.15. The standard InChI is InChI=1S/C23H34N6O.HI/c1-4-24-22(27-18-23(12-8-9-13-23)21(30)28(2)3)26-16-20-25-14-15-29(20)17-19-10-6-5-7-11-19;/h5-7,10-11,14-15H,4,8-9,12-13,16-18H2,1-3H3,(H2,24,26,27);1H. The summed E-state index contributed by atoms with van der Waals surface area (Å²) in [5.41, 5.74) is 0.905. The number of hydrogen-bond donors (Lipinski definition) is 2. The van der Waals surface area contributed by atoms with Crippen LogP contribution in [-0.4, -0.2) is 53.5 Å². The Morgan fingerprint density at radius 2 is 1.90 bits per heavy atom. The minimum Gasteiger partial charge on any atom is -0.357 e. The van der Waals surface area contributed by atoms with Gasteiger partial charge in [-0.2, -0.15) is 0 Å². The Kier molecular flexibility index (Phi) is 9.80. The summed E-state index contributed by atoms with van der Waals surface area (Å²) < 4.78 is 2.12. The zero-order chi connectivity index (χ0) is 21.4. The van der Waals surface area contributed by atoms with Crippen LogP contribution in [0.5, 0.6) is 0 Å². The first kappa shape index (κ1) is 25.2. The van der Waals surface area contributed by atoms with Gasteiger partial charge in [-0.05, 0) is 25.3 Å². The second-order valence-electron chi connectivity index (χ2n) is 8.19. The van der Waals surface area contributed by atoms with E-state index in [1.54, 1.807) is 4.90 Å². The summed E-state index contributed by atoms with van der Waals surface area (Å²) in [5, 5.41) is 6.73. The first-order chi connectivity index (χ1) is 14.5. The van der Waals surface area contributed by atoms with E-state index in [9.17, 15) is 4.79 Å². The van der Waals surface area contributed by atoms with Crippen LogP contribution < -0.4 is 10.6 Å². The molecular formula is C23H35IN6O. The van der Waals surface area contributed by atoms with E-state index < -0.39 is 0 Å². The highest BCUT2D eigenvalue weighted by molar-refractivity contribution is 14.0. The summed E-state index contributed by atoms with van der Waals surface area (Å²) in [7, 11) is 3.68. The van der Waals surface area contributed by atoms with Crippen LogP contribution in [0, 0.1) is 5.41 Å². The van der Waals surface area contributed by atoms with Gasteiger partial charge < -0.3 is 20.1 Å². The number of halogens is 1. The molecule has 1 amide bonds. The highest BCUT2D eigenvalue weighted by Gasteiger charge is 2.42. The zero-order valence-electron chi connectivity index (χ0n) is 18.8. The Labute approximate surface area is 202 Å². The maximum atomic E-state index is 12.8. The van der Waals surface area contributed by atoms with Crippen LogP contribution in [0.4, 0.5) is 0 Å². The Morgan fingerprint density at radius 3 is 2.55 bits per heavy atom. The number of carbonyl (C=O) groups excluding carboxylic acids is 1. The number of nitrogens with zero attached hydrogens (tertiary/aromatic N) is 4. The molecule has 0 unspecified atom stereocenters. The summed E-state index contributed by atoms with van der Waals surface area (Å²) in [6.45, 7) is 4.66. The fraction of sp³-hybridized carbons (Fsp3) is 0.522. The third kappa shape index (κ3) is 6.69. The molecule has 2 N–H and O–H groups in total. The van der Waals surface area contributed by atoms with E-state index in [0.717, 1.165) is 50.6 Å². The van der Waals surface area contributed by atoms with Crippen molar-refractivity contribution >= 4 is 35.8 Å². The molecule has 7 nitrogen and oxygen atoms in total. The minimum absolute atomic E-state index is 0. The number of aliphatic imine (C=N–C) groups is 1. The van der Waals surface area contributed by atoms with E-state index in [2.05, 4.69) is 32.3 Å². The van der Waals surface area contributed by atoms with Gasteiger partial charge in [0.1, 0.15) is 12.4 Å². The minimum atomic E-state index is -0.328. The van der Waals surface area contributed by atoms with Crippen LogP contribution in [0.3, 0.4) is 0 Å². The zero-order valence-corrected chi connectivity index (χ0v) is 21.1. The number of nitrogens with one attached hydrogen (secondary N) is 2. The van der Waals surface area contributed by atoms with E-state index in [1.807, 2.05) is 51.6 Å². The van der Waals surface area contributed by atoms with Crippen molar-refractivity contribution in [2.75, 3.05) is 27.2 Å². The molecule has 1 aromatic heterocycles. The Hall–Kier alpha value is -2.10. The van der Waals surface area contributed by atoms with Crippen molar-refractivity contribution in [2.24, 2.45) is 10.4 Å². The Morgan fingerprint density at radius 1 is 1.19 bits per heavy atom. The van der Waals surface area contributed by atoms with Crippen LogP contribution >= 0.6 is 24.0 Å². The molecule has 1 aromatic carbocycles. The largest absolute Gasteiger partial charge is 0.357 e. The average molecular weight is 538 g/mol. The van der Waals surface area contributed by atoms with Gasteiger partial charge in [-0.15, -0.1) is 24.0 Å². The molecule has 170 valence electrons. The molecule has 3 rings (SSSR count). The molecule has 31 heavy (non-hydrogen) atoms. The SMILES string of the molecule is CCNC(=NCc1nccn1Cc1ccccc1)NCC1(C(=O)N(C)C)CCCC1.I. The number of carbonyl (C=O) groups is 1. The maximum Gasteiger partial charge on any atom is 0.230 e. The number of imidazole rings is 1. The van der Waals surface area contributed by atoms with Crippen LogP contribution in [0.2, 0.25) is 0 Å². The molecule has 8 heteroatoms. The van der Waals surface area contributed by atoms with Gasteiger partial charge in [0.15, 0.2) is 5.96 Å². The molecule has 1 saturated carbocycles. The van der Waals surface area contributed by atoms with Gasteiger partial charge in [0, 0.05) is 46.1 Å². The second kappa shape index (κ2) is 12.1. The lowest BCUT2D eigenvalue weighted by Crippen LogP contribution is -2.49. The molecule has 1 aliphatic carbocycles. The lowest BCUT2D eigenvalue weighted by Gasteiger charge is -2.31. The highest BCUT2D eigenvalue weighted by Crippen LogP contribution is 2.38.